The number of ether oxygens (including phenoxy) is 1. The normalized spacial score (nSPS) is 19.4. The molecule has 1 unspecified atom stereocenters. The highest BCUT2D eigenvalue weighted by molar-refractivity contribution is 6.01. The molecule has 0 saturated heterocycles. The second kappa shape index (κ2) is 5.59. The van der Waals surface area contributed by atoms with Crippen LogP contribution in [0.1, 0.15) is 41.2 Å². The van der Waals surface area contributed by atoms with Crippen molar-refractivity contribution in [2.45, 2.75) is 25.3 Å². The number of nitrogens with one attached hydrogen (secondary N) is 1. The van der Waals surface area contributed by atoms with Gasteiger partial charge in [0.1, 0.15) is 17.4 Å². The third kappa shape index (κ3) is 2.12. The van der Waals surface area contributed by atoms with Crippen molar-refractivity contribution >= 4 is 17.6 Å². The van der Waals surface area contributed by atoms with Gasteiger partial charge in [0.15, 0.2) is 5.78 Å². The van der Waals surface area contributed by atoms with E-state index in [0.29, 0.717) is 23.4 Å². The van der Waals surface area contributed by atoms with Gasteiger partial charge in [-0.15, -0.1) is 0 Å². The Morgan fingerprint density at radius 3 is 3.00 bits per heavy atom. The molecule has 2 aromatic rings. The van der Waals surface area contributed by atoms with Gasteiger partial charge in [-0.2, -0.15) is 5.10 Å². The Morgan fingerprint density at radius 1 is 1.38 bits per heavy atom. The number of esters is 1. The van der Waals surface area contributed by atoms with Crippen LogP contribution >= 0.6 is 0 Å². The van der Waals surface area contributed by atoms with Crippen molar-refractivity contribution < 1.29 is 14.3 Å². The number of hydrogen-bond donors (Lipinski definition) is 1. The van der Waals surface area contributed by atoms with E-state index in [4.69, 9.17) is 4.74 Å². The number of ketones is 1. The van der Waals surface area contributed by atoms with Gasteiger partial charge in [0.25, 0.3) is 0 Å². The molecule has 2 aromatic heterocycles. The maximum Gasteiger partial charge on any atom is 0.343 e. The van der Waals surface area contributed by atoms with Gasteiger partial charge in [-0.05, 0) is 24.5 Å². The highest BCUT2D eigenvalue weighted by atomic mass is 16.5. The highest BCUT2D eigenvalue weighted by Gasteiger charge is 2.37. The van der Waals surface area contributed by atoms with Crippen LogP contribution in [0, 0.1) is 0 Å². The molecule has 24 heavy (non-hydrogen) atoms. The summed E-state index contributed by atoms with van der Waals surface area (Å²) in [6, 6.07) is 3.37. The van der Waals surface area contributed by atoms with E-state index in [2.05, 4.69) is 15.4 Å². The predicted octanol–water partition coefficient (Wildman–Crippen LogP) is 2.09. The molecule has 7 heteroatoms. The van der Waals surface area contributed by atoms with E-state index in [-0.39, 0.29) is 11.8 Å². The summed E-state index contributed by atoms with van der Waals surface area (Å²) in [5, 5.41) is 7.58. The number of hydrogen-bond acceptors (Lipinski definition) is 6. The molecule has 1 aliphatic heterocycles. The Morgan fingerprint density at radius 2 is 2.25 bits per heavy atom. The van der Waals surface area contributed by atoms with Crippen LogP contribution in [0.2, 0.25) is 0 Å². The fourth-order valence-electron chi connectivity index (χ4n) is 3.36. The van der Waals surface area contributed by atoms with E-state index < -0.39 is 5.97 Å². The van der Waals surface area contributed by atoms with Crippen molar-refractivity contribution in [1.82, 2.24) is 14.8 Å². The molecule has 3 heterocycles. The molecular weight excluding hydrogens is 308 g/mol. The maximum absolute atomic E-state index is 12.6. The van der Waals surface area contributed by atoms with Crippen LogP contribution in [0.15, 0.2) is 42.0 Å². The number of carbonyl (C=O) groups is 2. The van der Waals surface area contributed by atoms with Crippen molar-refractivity contribution in [3.8, 4) is 0 Å². The third-order valence-corrected chi connectivity index (χ3v) is 4.44. The Kier molecular flexibility index (Phi) is 3.41. The van der Waals surface area contributed by atoms with E-state index >= 15 is 0 Å². The van der Waals surface area contributed by atoms with E-state index in [1.165, 1.54) is 13.3 Å². The Bertz CT molecular complexity index is 854. The van der Waals surface area contributed by atoms with Gasteiger partial charge in [0.05, 0.1) is 13.3 Å². The summed E-state index contributed by atoms with van der Waals surface area (Å²) in [4.78, 5) is 28.7. The second-order valence-electron chi connectivity index (χ2n) is 5.83. The Hall–Kier alpha value is -2.96. The summed E-state index contributed by atoms with van der Waals surface area (Å²) < 4.78 is 6.50. The lowest BCUT2D eigenvalue weighted by Crippen LogP contribution is -2.31. The van der Waals surface area contributed by atoms with Crippen LogP contribution < -0.4 is 5.32 Å². The summed E-state index contributed by atoms with van der Waals surface area (Å²) in [7, 11) is 1.34. The topological polar surface area (TPSA) is 86.1 Å². The molecule has 0 amide bonds. The number of Topliss-reactive ketones (excluding diaryl/α,β-unsaturated/α-hetero) is 1. The van der Waals surface area contributed by atoms with Gasteiger partial charge in [-0.1, -0.05) is 6.07 Å². The minimum absolute atomic E-state index is 0.110. The summed E-state index contributed by atoms with van der Waals surface area (Å²) in [6.07, 6.45) is 6.98. The van der Waals surface area contributed by atoms with E-state index in [1.807, 2.05) is 12.1 Å². The van der Waals surface area contributed by atoms with Crippen molar-refractivity contribution in [3.63, 3.8) is 0 Å². The first kappa shape index (κ1) is 14.6. The van der Waals surface area contributed by atoms with E-state index in [1.54, 1.807) is 17.1 Å². The first-order valence-electron chi connectivity index (χ1n) is 7.79. The van der Waals surface area contributed by atoms with Gasteiger partial charge in [-0.3, -0.25) is 9.78 Å². The van der Waals surface area contributed by atoms with Crippen LogP contribution in [0.3, 0.4) is 0 Å². The molecule has 0 aromatic carbocycles. The number of fused-ring (bicyclic) bond motifs is 1. The minimum atomic E-state index is -0.458. The number of methoxy groups -OCH3 is 1. The number of allylic oxidation sites excluding steroid dienone is 2. The van der Waals surface area contributed by atoms with Gasteiger partial charge in [0.2, 0.25) is 0 Å². The average Bonchev–Trinajstić information content (AvgIpc) is 3.04. The Balaban J connectivity index is 1.92. The highest BCUT2D eigenvalue weighted by Crippen LogP contribution is 2.41. The van der Waals surface area contributed by atoms with E-state index in [9.17, 15) is 9.59 Å². The van der Waals surface area contributed by atoms with Crippen molar-refractivity contribution in [1.29, 1.82) is 0 Å². The molecule has 7 nitrogen and oxygen atoms in total. The zero-order chi connectivity index (χ0) is 16.7. The van der Waals surface area contributed by atoms with Crippen molar-refractivity contribution in [2.24, 2.45) is 0 Å². The maximum atomic E-state index is 12.6. The molecule has 122 valence electrons. The summed E-state index contributed by atoms with van der Waals surface area (Å²) in [5.74, 6) is 0.211. The fourth-order valence-corrected chi connectivity index (χ4v) is 3.36. The second-order valence-corrected chi connectivity index (χ2v) is 5.83. The SMILES string of the molecule is COC(=O)c1cnn2c1NC1=C(C(=O)CCC1)C2c1cccnc1. The van der Waals surface area contributed by atoms with Crippen LogP contribution in [-0.2, 0) is 9.53 Å². The first-order valence-corrected chi connectivity index (χ1v) is 7.79. The average molecular weight is 324 g/mol. The quantitative estimate of drug-likeness (QED) is 0.851. The summed E-state index contributed by atoms with van der Waals surface area (Å²) >= 11 is 0. The number of nitrogens with zero attached hydrogens (tertiary/aromatic N) is 3. The van der Waals surface area contributed by atoms with Gasteiger partial charge < -0.3 is 10.1 Å². The number of pyridine rings is 1. The smallest absolute Gasteiger partial charge is 0.343 e. The molecule has 1 N–H and O–H groups in total. The van der Waals surface area contributed by atoms with Crippen LogP contribution in [0.5, 0.6) is 0 Å². The first-order chi connectivity index (χ1) is 11.7. The van der Waals surface area contributed by atoms with Crippen molar-refractivity contribution in [3.05, 3.63) is 53.1 Å². The van der Waals surface area contributed by atoms with Gasteiger partial charge in [-0.25, -0.2) is 9.48 Å². The lowest BCUT2D eigenvalue weighted by atomic mass is 9.86. The Labute approximate surface area is 138 Å². The van der Waals surface area contributed by atoms with Gasteiger partial charge >= 0.3 is 5.97 Å². The largest absolute Gasteiger partial charge is 0.465 e. The predicted molar refractivity (Wildman–Crippen MR) is 85.4 cm³/mol. The van der Waals surface area contributed by atoms with Gasteiger partial charge in [0, 0.05) is 30.1 Å². The monoisotopic (exact) mass is 324 g/mol. The lowest BCUT2D eigenvalue weighted by molar-refractivity contribution is -0.116. The minimum Gasteiger partial charge on any atom is -0.465 e. The molecule has 0 fully saturated rings. The number of aromatic nitrogens is 3. The number of anilines is 1. The molecule has 1 atom stereocenters. The molecule has 1 aliphatic carbocycles. The van der Waals surface area contributed by atoms with Crippen molar-refractivity contribution in [2.75, 3.05) is 12.4 Å². The molecule has 0 saturated carbocycles. The summed E-state index contributed by atoms with van der Waals surface area (Å²) in [6.45, 7) is 0. The van der Waals surface area contributed by atoms with Crippen LogP contribution in [-0.4, -0.2) is 33.6 Å². The van der Waals surface area contributed by atoms with Crippen LogP contribution in [0.4, 0.5) is 5.82 Å². The molecule has 0 radical (unpaired) electrons. The summed E-state index contributed by atoms with van der Waals surface area (Å²) in [5.41, 5.74) is 2.79. The van der Waals surface area contributed by atoms with E-state index in [0.717, 1.165) is 24.1 Å². The zero-order valence-electron chi connectivity index (χ0n) is 13.2. The molecule has 0 bridgehead atoms. The van der Waals surface area contributed by atoms with Crippen LogP contribution in [0.25, 0.3) is 0 Å². The fraction of sp³-hybridized carbons (Fsp3) is 0.294. The zero-order valence-corrected chi connectivity index (χ0v) is 13.2. The number of rotatable bonds is 2. The molecule has 2 aliphatic rings. The number of carbonyl (C=O) groups excluding carboxylic acids is 2. The molecule has 4 rings (SSSR count). The molecule has 0 spiro atoms. The third-order valence-electron chi connectivity index (χ3n) is 4.44. The lowest BCUT2D eigenvalue weighted by Gasteiger charge is -2.33. The standard InChI is InChI=1S/C17H16N4O3/c1-24-17(23)11-9-19-21-15(10-4-3-7-18-8-10)14-12(20-16(11)21)5-2-6-13(14)22/h3-4,7-9,15,20H,2,5-6H2,1H3. The molecular formula is C17H16N4O3.